The molecule has 4 rings (SSSR count). The molecule has 2 aromatic rings. The van der Waals surface area contributed by atoms with Crippen LogP contribution in [-0.4, -0.2) is 17.0 Å². The lowest BCUT2D eigenvalue weighted by Crippen LogP contribution is -2.07. The van der Waals surface area contributed by atoms with E-state index < -0.39 is 0 Å². The number of hydrogen-bond donors (Lipinski definition) is 1. The van der Waals surface area contributed by atoms with Gasteiger partial charge in [0.2, 0.25) is 0 Å². The second kappa shape index (κ2) is 5.23. The summed E-state index contributed by atoms with van der Waals surface area (Å²) in [5.74, 6) is 0. The molecule has 1 unspecified atom stereocenters. The second-order valence-corrected chi connectivity index (χ2v) is 6.91. The van der Waals surface area contributed by atoms with E-state index in [9.17, 15) is 0 Å². The smallest absolute Gasteiger partial charge is 0.161 e. The Morgan fingerprint density at radius 1 is 1.14 bits per heavy atom. The third kappa shape index (κ3) is 2.36. The molecule has 2 aliphatic rings. The highest BCUT2D eigenvalue weighted by atomic mass is 32.2. The topological polar surface area (TPSA) is 24.4 Å². The van der Waals surface area contributed by atoms with Crippen LogP contribution in [0.1, 0.15) is 24.5 Å². The van der Waals surface area contributed by atoms with Crippen molar-refractivity contribution < 1.29 is 0 Å². The van der Waals surface area contributed by atoms with Gasteiger partial charge in [-0.2, -0.15) is 0 Å². The quantitative estimate of drug-likeness (QED) is 0.749. The van der Waals surface area contributed by atoms with Crippen LogP contribution in [0.3, 0.4) is 0 Å². The Morgan fingerprint density at radius 2 is 2.00 bits per heavy atom. The van der Waals surface area contributed by atoms with Crippen molar-refractivity contribution in [2.24, 2.45) is 4.99 Å². The number of nitrogens with one attached hydrogen (secondary N) is 1. The summed E-state index contributed by atoms with van der Waals surface area (Å²) in [5.41, 5.74) is 6.77. The molecule has 3 heteroatoms. The van der Waals surface area contributed by atoms with Gasteiger partial charge in [-0.1, -0.05) is 49.0 Å². The number of anilines is 1. The summed E-state index contributed by atoms with van der Waals surface area (Å²) in [5, 5.41) is 5.19. The van der Waals surface area contributed by atoms with Crippen molar-refractivity contribution in [3.05, 3.63) is 53.6 Å². The standard InChI is InChI=1S/C18H18N2S/c1-2-15-11-19-18(21-15)20-14-7-8-17-13(10-14)9-12-5-3-4-6-16(12)17/h3-8,10,15H,2,9,11H2,1H3,(H,19,20). The predicted molar refractivity (Wildman–Crippen MR) is 92.3 cm³/mol. The highest BCUT2D eigenvalue weighted by molar-refractivity contribution is 8.15. The zero-order valence-corrected chi connectivity index (χ0v) is 12.9. The number of rotatable bonds is 2. The molecular weight excluding hydrogens is 276 g/mol. The van der Waals surface area contributed by atoms with Gasteiger partial charge in [-0.05, 0) is 47.2 Å². The van der Waals surface area contributed by atoms with Crippen LogP contribution in [0.5, 0.6) is 0 Å². The lowest BCUT2D eigenvalue weighted by atomic mass is 10.1. The number of nitrogens with zero attached hydrogens (tertiary/aromatic N) is 1. The first-order valence-corrected chi connectivity index (χ1v) is 8.41. The summed E-state index contributed by atoms with van der Waals surface area (Å²) >= 11 is 1.87. The van der Waals surface area contributed by atoms with E-state index in [2.05, 4.69) is 59.7 Å². The van der Waals surface area contributed by atoms with Gasteiger partial charge in [0.25, 0.3) is 0 Å². The maximum atomic E-state index is 4.58. The minimum Gasteiger partial charge on any atom is -0.335 e. The first-order chi connectivity index (χ1) is 10.3. The molecule has 0 fully saturated rings. The minimum atomic E-state index is 0.645. The molecule has 0 aromatic heterocycles. The molecule has 106 valence electrons. The van der Waals surface area contributed by atoms with Gasteiger partial charge >= 0.3 is 0 Å². The van der Waals surface area contributed by atoms with Gasteiger partial charge in [-0.15, -0.1) is 0 Å². The summed E-state index contributed by atoms with van der Waals surface area (Å²) in [6, 6.07) is 15.4. The maximum Gasteiger partial charge on any atom is 0.161 e. The van der Waals surface area contributed by atoms with Crippen LogP contribution >= 0.6 is 11.8 Å². The monoisotopic (exact) mass is 294 g/mol. The first kappa shape index (κ1) is 13.0. The number of amidine groups is 1. The molecule has 0 spiro atoms. The molecule has 2 aromatic carbocycles. The Bertz CT molecular complexity index is 721. The molecule has 0 saturated carbocycles. The summed E-state index contributed by atoms with van der Waals surface area (Å²) in [6.07, 6.45) is 2.22. The van der Waals surface area contributed by atoms with Crippen molar-refractivity contribution >= 4 is 22.6 Å². The number of thioether (sulfide) groups is 1. The third-order valence-electron chi connectivity index (χ3n) is 4.22. The van der Waals surface area contributed by atoms with Crippen LogP contribution in [0.25, 0.3) is 11.1 Å². The van der Waals surface area contributed by atoms with E-state index in [1.54, 1.807) is 0 Å². The summed E-state index contributed by atoms with van der Waals surface area (Å²) in [4.78, 5) is 4.58. The fraction of sp³-hybridized carbons (Fsp3) is 0.278. The summed E-state index contributed by atoms with van der Waals surface area (Å²) in [6.45, 7) is 3.17. The number of hydrogen-bond acceptors (Lipinski definition) is 3. The van der Waals surface area contributed by atoms with Crippen LogP contribution in [0.2, 0.25) is 0 Å². The molecule has 0 saturated heterocycles. The molecule has 1 atom stereocenters. The van der Waals surface area contributed by atoms with Gasteiger partial charge in [0.1, 0.15) is 0 Å². The minimum absolute atomic E-state index is 0.645. The van der Waals surface area contributed by atoms with Crippen molar-refractivity contribution in [3.63, 3.8) is 0 Å². The van der Waals surface area contributed by atoms with E-state index in [1.807, 2.05) is 11.8 Å². The highest BCUT2D eigenvalue weighted by Crippen LogP contribution is 2.37. The van der Waals surface area contributed by atoms with Gasteiger partial charge in [-0.25, -0.2) is 0 Å². The lowest BCUT2D eigenvalue weighted by molar-refractivity contribution is 0.843. The zero-order valence-electron chi connectivity index (χ0n) is 12.1. The molecule has 1 aliphatic heterocycles. The Morgan fingerprint density at radius 3 is 2.86 bits per heavy atom. The fourth-order valence-corrected chi connectivity index (χ4v) is 4.00. The molecule has 1 N–H and O–H groups in total. The van der Waals surface area contributed by atoms with Crippen LogP contribution in [0.15, 0.2) is 47.5 Å². The third-order valence-corrected chi connectivity index (χ3v) is 5.49. The van der Waals surface area contributed by atoms with E-state index in [4.69, 9.17) is 0 Å². The predicted octanol–water partition coefficient (Wildman–Crippen LogP) is 4.55. The van der Waals surface area contributed by atoms with Gasteiger partial charge < -0.3 is 5.32 Å². The maximum absolute atomic E-state index is 4.58. The largest absolute Gasteiger partial charge is 0.335 e. The summed E-state index contributed by atoms with van der Waals surface area (Å²) < 4.78 is 0. The van der Waals surface area contributed by atoms with Crippen LogP contribution in [0.4, 0.5) is 5.69 Å². The van der Waals surface area contributed by atoms with Gasteiger partial charge in [0.05, 0.1) is 6.54 Å². The molecule has 1 aliphatic carbocycles. The van der Waals surface area contributed by atoms with Crippen LogP contribution in [-0.2, 0) is 6.42 Å². The van der Waals surface area contributed by atoms with E-state index in [1.165, 1.54) is 28.7 Å². The molecule has 0 radical (unpaired) electrons. The molecule has 0 amide bonds. The molecule has 1 heterocycles. The second-order valence-electron chi connectivity index (χ2n) is 5.62. The SMILES string of the molecule is CCC1CN=C(Nc2ccc3c(c2)Cc2ccccc2-3)S1. The molecular formula is C18H18N2S. The first-order valence-electron chi connectivity index (χ1n) is 7.53. The van der Waals surface area contributed by atoms with Crippen molar-refractivity contribution in [3.8, 4) is 11.1 Å². The van der Waals surface area contributed by atoms with Gasteiger partial charge in [0, 0.05) is 10.9 Å². The van der Waals surface area contributed by atoms with E-state index in [0.717, 1.165) is 23.8 Å². The zero-order chi connectivity index (χ0) is 14.2. The average Bonchev–Trinajstić information content (AvgIpc) is 3.10. The lowest BCUT2D eigenvalue weighted by Gasteiger charge is -2.09. The number of fused-ring (bicyclic) bond motifs is 3. The normalized spacial score (nSPS) is 19.1. The molecule has 21 heavy (non-hydrogen) atoms. The number of aliphatic imine (C=N–C) groups is 1. The Labute approximate surface area is 129 Å². The van der Waals surface area contributed by atoms with Crippen LogP contribution in [0, 0.1) is 0 Å². The Hall–Kier alpha value is -1.74. The fourth-order valence-electron chi connectivity index (χ4n) is 3.04. The van der Waals surface area contributed by atoms with Crippen molar-refractivity contribution in [2.75, 3.05) is 11.9 Å². The van der Waals surface area contributed by atoms with E-state index >= 15 is 0 Å². The molecule has 0 bridgehead atoms. The van der Waals surface area contributed by atoms with E-state index in [-0.39, 0.29) is 0 Å². The van der Waals surface area contributed by atoms with Gasteiger partial charge in [-0.3, -0.25) is 4.99 Å². The van der Waals surface area contributed by atoms with Gasteiger partial charge in [0.15, 0.2) is 5.17 Å². The highest BCUT2D eigenvalue weighted by Gasteiger charge is 2.20. The average molecular weight is 294 g/mol. The van der Waals surface area contributed by atoms with Crippen LogP contribution < -0.4 is 5.32 Å². The van der Waals surface area contributed by atoms with Crippen molar-refractivity contribution in [1.82, 2.24) is 0 Å². The van der Waals surface area contributed by atoms with Crippen molar-refractivity contribution in [1.29, 1.82) is 0 Å². The Kier molecular flexibility index (Phi) is 3.23. The molecule has 2 nitrogen and oxygen atoms in total. The summed E-state index contributed by atoms with van der Waals surface area (Å²) in [7, 11) is 0. The number of benzene rings is 2. The van der Waals surface area contributed by atoms with Crippen molar-refractivity contribution in [2.45, 2.75) is 25.0 Å². The Balaban J connectivity index is 1.57. The van der Waals surface area contributed by atoms with E-state index in [0.29, 0.717) is 5.25 Å².